The topological polar surface area (TPSA) is 60.3 Å². The molecule has 0 amide bonds. The molecule has 0 aliphatic heterocycles. The summed E-state index contributed by atoms with van der Waals surface area (Å²) in [4.78, 5) is -0.700. The molecule has 1 heterocycles. The van der Waals surface area contributed by atoms with Gasteiger partial charge in [-0.3, -0.25) is 0 Å². The van der Waals surface area contributed by atoms with E-state index in [0.29, 0.717) is 10.0 Å². The van der Waals surface area contributed by atoms with E-state index in [1.54, 1.807) is 7.05 Å². The maximum absolute atomic E-state index is 14.6. The van der Waals surface area contributed by atoms with Gasteiger partial charge in [-0.2, -0.15) is 13.2 Å². The zero-order valence-electron chi connectivity index (χ0n) is 16.7. The number of hydrogen-bond acceptors (Lipinski definition) is 4. The highest BCUT2D eigenvalue weighted by atomic mass is 35.5. The van der Waals surface area contributed by atoms with E-state index in [0.717, 1.165) is 42.6 Å². The Labute approximate surface area is 187 Å². The van der Waals surface area contributed by atoms with Crippen molar-refractivity contribution >= 4 is 22.4 Å². The molecule has 0 bridgehead atoms. The molecule has 174 valence electrons. The molecule has 0 aliphatic carbocycles. The van der Waals surface area contributed by atoms with Crippen LogP contribution < -0.4 is 10.1 Å². The molecule has 12 heteroatoms. The summed E-state index contributed by atoms with van der Waals surface area (Å²) in [7, 11) is -1.94. The highest BCUT2D eigenvalue weighted by Crippen LogP contribution is 2.40. The lowest BCUT2D eigenvalue weighted by Gasteiger charge is -2.14. The van der Waals surface area contributed by atoms with E-state index < -0.39 is 49.6 Å². The number of nitrogens with zero attached hydrogens (tertiary/aromatic N) is 1. The normalized spacial score (nSPS) is 11.8. The first-order valence-corrected chi connectivity index (χ1v) is 10.3. The van der Waals surface area contributed by atoms with Crippen LogP contribution in [0, 0.1) is 11.6 Å². The van der Waals surface area contributed by atoms with Gasteiger partial charge in [-0.05, 0) is 37.4 Å². The molecule has 5 nitrogen and oxygen atoms in total. The van der Waals surface area contributed by atoms with Crippen molar-refractivity contribution in [3.05, 3.63) is 71.4 Å². The Morgan fingerprint density at radius 2 is 1.66 bits per heavy atom. The zero-order chi connectivity index (χ0) is 23.0. The molecule has 0 atom stereocenters. The summed E-state index contributed by atoms with van der Waals surface area (Å²) < 4.78 is 101. The van der Waals surface area contributed by atoms with E-state index in [1.165, 1.54) is 7.11 Å². The number of aromatic nitrogens is 1. The Balaban J connectivity index is 0.00000363. The van der Waals surface area contributed by atoms with E-state index in [9.17, 15) is 30.4 Å². The molecule has 0 unspecified atom stereocenters. The highest BCUT2D eigenvalue weighted by Gasteiger charge is 2.34. The van der Waals surface area contributed by atoms with Gasteiger partial charge in [0.1, 0.15) is 23.1 Å². The van der Waals surface area contributed by atoms with Gasteiger partial charge in [-0.15, -0.1) is 12.4 Å². The summed E-state index contributed by atoms with van der Waals surface area (Å²) >= 11 is 0. The molecule has 2 aromatic carbocycles. The fraction of sp³-hybridized carbons (Fsp3) is 0.200. The minimum absolute atomic E-state index is 0. The van der Waals surface area contributed by atoms with Gasteiger partial charge >= 0.3 is 6.18 Å². The fourth-order valence-corrected chi connectivity index (χ4v) is 4.58. The lowest BCUT2D eigenvalue weighted by molar-refractivity contribution is -0.137. The Hall–Kier alpha value is -2.63. The van der Waals surface area contributed by atoms with Crippen LogP contribution in [0.5, 0.6) is 5.75 Å². The lowest BCUT2D eigenvalue weighted by atomic mass is 10.1. The van der Waals surface area contributed by atoms with Crippen LogP contribution in [0.25, 0.3) is 11.3 Å². The third-order valence-corrected chi connectivity index (χ3v) is 6.14. The van der Waals surface area contributed by atoms with Crippen molar-refractivity contribution in [1.29, 1.82) is 0 Å². The third kappa shape index (κ3) is 4.59. The van der Waals surface area contributed by atoms with Crippen LogP contribution in [0.1, 0.15) is 11.1 Å². The maximum Gasteiger partial charge on any atom is 0.416 e. The third-order valence-electron chi connectivity index (χ3n) is 4.49. The van der Waals surface area contributed by atoms with Gasteiger partial charge < -0.3 is 10.1 Å². The van der Waals surface area contributed by atoms with Crippen molar-refractivity contribution in [3.63, 3.8) is 0 Å². The van der Waals surface area contributed by atoms with Crippen LogP contribution in [-0.2, 0) is 22.7 Å². The Bertz CT molecular complexity index is 1210. The lowest BCUT2D eigenvalue weighted by Crippen LogP contribution is -2.16. The number of rotatable bonds is 6. The SMILES string of the molecule is CNCc1cn(S(=O)(=O)c2cccc(C(F)(F)F)c2)c(-c2c(F)cccc2F)c1OC.Cl. The van der Waals surface area contributed by atoms with E-state index >= 15 is 0 Å². The quantitative estimate of drug-likeness (QED) is 0.496. The number of benzene rings is 2. The molecule has 3 rings (SSSR count). The van der Waals surface area contributed by atoms with Gasteiger partial charge in [0.25, 0.3) is 10.0 Å². The Morgan fingerprint density at radius 3 is 2.19 bits per heavy atom. The second kappa shape index (κ2) is 9.47. The van der Waals surface area contributed by atoms with Gasteiger partial charge in [-0.1, -0.05) is 12.1 Å². The van der Waals surface area contributed by atoms with Crippen molar-refractivity contribution in [2.24, 2.45) is 0 Å². The summed E-state index contributed by atoms with van der Waals surface area (Å²) in [5.41, 5.74) is -2.10. The van der Waals surface area contributed by atoms with Crippen LogP contribution in [-0.4, -0.2) is 26.5 Å². The van der Waals surface area contributed by atoms with E-state index in [2.05, 4.69) is 5.32 Å². The van der Waals surface area contributed by atoms with Crippen molar-refractivity contribution in [1.82, 2.24) is 9.29 Å². The summed E-state index contributed by atoms with van der Waals surface area (Å²) in [5, 5.41) is 2.78. The monoisotopic (exact) mass is 496 g/mol. The first-order chi connectivity index (χ1) is 14.5. The van der Waals surface area contributed by atoms with Crippen LogP contribution in [0.3, 0.4) is 0 Å². The molecule has 0 aliphatic rings. The van der Waals surface area contributed by atoms with Crippen molar-refractivity contribution in [2.45, 2.75) is 17.6 Å². The Kier molecular flexibility index (Phi) is 7.59. The zero-order valence-corrected chi connectivity index (χ0v) is 18.3. The molecule has 1 N–H and O–H groups in total. The predicted molar refractivity (Wildman–Crippen MR) is 110 cm³/mol. The van der Waals surface area contributed by atoms with Crippen LogP contribution in [0.2, 0.25) is 0 Å². The van der Waals surface area contributed by atoms with E-state index in [-0.39, 0.29) is 30.3 Å². The first kappa shape index (κ1) is 25.6. The van der Waals surface area contributed by atoms with Gasteiger partial charge in [0.15, 0.2) is 0 Å². The summed E-state index contributed by atoms with van der Waals surface area (Å²) in [6.45, 7) is 0.0668. The second-order valence-electron chi connectivity index (χ2n) is 6.49. The molecule has 0 fully saturated rings. The highest BCUT2D eigenvalue weighted by molar-refractivity contribution is 7.90. The van der Waals surface area contributed by atoms with Crippen molar-refractivity contribution in [3.8, 4) is 17.0 Å². The van der Waals surface area contributed by atoms with Gasteiger partial charge in [0.2, 0.25) is 0 Å². The summed E-state index contributed by atoms with van der Waals surface area (Å²) in [5.74, 6) is -2.25. The van der Waals surface area contributed by atoms with Crippen molar-refractivity contribution in [2.75, 3.05) is 14.2 Å². The molecule has 32 heavy (non-hydrogen) atoms. The van der Waals surface area contributed by atoms with Crippen LogP contribution in [0.4, 0.5) is 22.0 Å². The number of nitrogens with one attached hydrogen (secondary N) is 1. The minimum atomic E-state index is -4.78. The largest absolute Gasteiger partial charge is 0.494 e. The van der Waals surface area contributed by atoms with Gasteiger partial charge in [0.05, 0.1) is 23.1 Å². The average molecular weight is 497 g/mol. The summed E-state index contributed by atoms with van der Waals surface area (Å²) in [6, 6.07) is 6.06. The molecule has 0 saturated carbocycles. The second-order valence-corrected chi connectivity index (χ2v) is 8.30. The number of hydrogen-bond donors (Lipinski definition) is 1. The molecule has 0 spiro atoms. The Morgan fingerprint density at radius 1 is 1.06 bits per heavy atom. The summed E-state index contributed by atoms with van der Waals surface area (Å²) in [6.07, 6.45) is -3.72. The average Bonchev–Trinajstić information content (AvgIpc) is 3.06. The van der Waals surface area contributed by atoms with Crippen LogP contribution in [0.15, 0.2) is 53.6 Å². The minimum Gasteiger partial charge on any atom is -0.494 e. The molecule has 1 aromatic heterocycles. The first-order valence-electron chi connectivity index (χ1n) is 8.82. The standard InChI is InChI=1S/C20H17F5N2O3S.ClH/c1-26-10-12-11-27(18(19(12)30-2)17-15(21)7-4-8-16(17)22)31(28,29)14-6-3-5-13(9-14)20(23,24)25;/h3-9,11,26H,10H2,1-2H3;1H. The number of halogens is 6. The van der Waals surface area contributed by atoms with Gasteiger partial charge in [-0.25, -0.2) is 21.2 Å². The molecule has 3 aromatic rings. The van der Waals surface area contributed by atoms with Crippen molar-refractivity contribution < 1.29 is 35.1 Å². The molecular formula is C20H18ClF5N2O3S. The molecule has 0 radical (unpaired) electrons. The predicted octanol–water partition coefficient (Wildman–Crippen LogP) is 4.84. The fourth-order valence-electron chi connectivity index (χ4n) is 3.14. The maximum atomic E-state index is 14.6. The molecule has 0 saturated heterocycles. The van der Waals surface area contributed by atoms with E-state index in [4.69, 9.17) is 4.74 Å². The smallest absolute Gasteiger partial charge is 0.416 e. The van der Waals surface area contributed by atoms with Gasteiger partial charge in [0, 0.05) is 18.3 Å². The number of ether oxygens (including phenoxy) is 1. The number of alkyl halides is 3. The van der Waals surface area contributed by atoms with Crippen LogP contribution >= 0.6 is 12.4 Å². The number of methoxy groups -OCH3 is 1. The van der Waals surface area contributed by atoms with E-state index in [1.807, 2.05) is 0 Å². The molecular weight excluding hydrogens is 479 g/mol.